The second-order valence-electron chi connectivity index (χ2n) is 5.64. The van der Waals surface area contributed by atoms with Crippen molar-refractivity contribution in [1.29, 1.82) is 0 Å². The molecule has 6 heteroatoms. The topological polar surface area (TPSA) is 64.4 Å². The molecule has 3 rings (SSSR count). The minimum atomic E-state index is -0.354. The maximum atomic E-state index is 12.7. The van der Waals surface area contributed by atoms with Crippen LogP contribution in [0.4, 0.5) is 5.82 Å². The summed E-state index contributed by atoms with van der Waals surface area (Å²) < 4.78 is 10.7. The highest BCUT2D eigenvalue weighted by atomic mass is 32.2. The van der Waals surface area contributed by atoms with Crippen LogP contribution in [0.25, 0.3) is 0 Å². The fourth-order valence-corrected chi connectivity index (χ4v) is 3.39. The van der Waals surface area contributed by atoms with Gasteiger partial charge in [-0.25, -0.2) is 0 Å². The number of carbonyl (C=O) groups is 1. The van der Waals surface area contributed by atoms with Gasteiger partial charge in [0.05, 0.1) is 6.61 Å². The number of hydrogen-bond donors (Lipinski definition) is 1. The van der Waals surface area contributed by atoms with Crippen molar-refractivity contribution in [3.8, 4) is 5.75 Å². The normalized spacial score (nSPS) is 11.7. The maximum Gasteiger partial charge on any atom is 0.243 e. The number of thioether (sulfide) groups is 1. The number of nitrogens with zero attached hydrogens (tertiary/aromatic N) is 1. The molecule has 0 fully saturated rings. The summed E-state index contributed by atoms with van der Waals surface area (Å²) in [6, 6.07) is 21.0. The first-order valence-corrected chi connectivity index (χ1v) is 9.36. The van der Waals surface area contributed by atoms with Gasteiger partial charge in [-0.2, -0.15) is 0 Å². The van der Waals surface area contributed by atoms with Gasteiger partial charge in [0, 0.05) is 11.8 Å². The van der Waals surface area contributed by atoms with E-state index in [-0.39, 0.29) is 11.2 Å². The molecular formula is C20H20N2O3S. The van der Waals surface area contributed by atoms with Crippen molar-refractivity contribution < 1.29 is 14.1 Å². The Morgan fingerprint density at radius 2 is 1.85 bits per heavy atom. The Balaban J connectivity index is 1.61. The Kier molecular flexibility index (Phi) is 6.33. The average Bonchev–Trinajstić information content (AvgIpc) is 3.08. The molecule has 26 heavy (non-hydrogen) atoms. The lowest BCUT2D eigenvalue weighted by Gasteiger charge is -2.16. The number of nitrogens with one attached hydrogen (secondary N) is 1. The molecule has 0 aliphatic rings. The van der Waals surface area contributed by atoms with E-state index >= 15 is 0 Å². The molecular weight excluding hydrogens is 348 g/mol. The fraction of sp³-hybridized carbons (Fsp3) is 0.200. The summed E-state index contributed by atoms with van der Waals surface area (Å²) in [5.41, 5.74) is 0.940. The van der Waals surface area contributed by atoms with Crippen LogP contribution in [-0.4, -0.2) is 23.4 Å². The van der Waals surface area contributed by atoms with Crippen molar-refractivity contribution in [2.75, 3.05) is 17.7 Å². The van der Waals surface area contributed by atoms with Crippen molar-refractivity contribution in [2.45, 2.75) is 12.2 Å². The standard InChI is InChI=1S/C20H20N2O3S/c1-15-14-18(22-25-15)21-20(23)19(16-8-4-2-5-9-16)26-13-12-24-17-10-6-3-7-11-17/h2-11,14,19H,12-13H2,1H3,(H,21,22,23)/t19-/m1/s1. The molecule has 1 aromatic heterocycles. The number of rotatable bonds is 8. The summed E-state index contributed by atoms with van der Waals surface area (Å²) in [5, 5.41) is 6.29. The molecule has 1 amide bonds. The van der Waals surface area contributed by atoms with Gasteiger partial charge in [0.1, 0.15) is 16.8 Å². The SMILES string of the molecule is Cc1cc(NC(=O)[C@H](SCCOc2ccccc2)c2ccccc2)no1. The lowest BCUT2D eigenvalue weighted by atomic mass is 10.1. The van der Waals surface area contributed by atoms with Gasteiger partial charge in [0.25, 0.3) is 0 Å². The molecule has 0 unspecified atom stereocenters. The number of carbonyl (C=O) groups excluding carboxylic acids is 1. The van der Waals surface area contributed by atoms with Crippen LogP contribution in [0.5, 0.6) is 5.75 Å². The van der Waals surface area contributed by atoms with E-state index in [4.69, 9.17) is 9.26 Å². The summed E-state index contributed by atoms with van der Waals surface area (Å²) in [6.45, 7) is 2.31. The molecule has 1 heterocycles. The van der Waals surface area contributed by atoms with E-state index in [0.717, 1.165) is 11.3 Å². The second kappa shape index (κ2) is 9.10. The van der Waals surface area contributed by atoms with E-state index in [0.29, 0.717) is 23.9 Å². The Morgan fingerprint density at radius 1 is 1.15 bits per heavy atom. The molecule has 0 spiro atoms. The van der Waals surface area contributed by atoms with Crippen LogP contribution in [0.15, 0.2) is 71.3 Å². The molecule has 0 saturated heterocycles. The summed E-state index contributed by atoms with van der Waals surface area (Å²) in [4.78, 5) is 12.7. The zero-order valence-corrected chi connectivity index (χ0v) is 15.2. The van der Waals surface area contributed by atoms with E-state index in [2.05, 4.69) is 10.5 Å². The average molecular weight is 368 g/mol. The predicted molar refractivity (Wildman–Crippen MR) is 103 cm³/mol. The van der Waals surface area contributed by atoms with Gasteiger partial charge in [-0.15, -0.1) is 11.8 Å². The molecule has 3 aromatic rings. The second-order valence-corrected chi connectivity index (χ2v) is 6.85. The summed E-state index contributed by atoms with van der Waals surface area (Å²) in [7, 11) is 0. The predicted octanol–water partition coefficient (Wildman–Crippen LogP) is 4.48. The third kappa shape index (κ3) is 5.13. The molecule has 1 N–H and O–H groups in total. The van der Waals surface area contributed by atoms with E-state index in [1.807, 2.05) is 60.7 Å². The van der Waals surface area contributed by atoms with Crippen molar-refractivity contribution in [2.24, 2.45) is 0 Å². The molecule has 1 atom stereocenters. The number of anilines is 1. The zero-order valence-electron chi connectivity index (χ0n) is 14.4. The number of amides is 1. The molecule has 0 radical (unpaired) electrons. The van der Waals surface area contributed by atoms with Crippen molar-refractivity contribution in [1.82, 2.24) is 5.16 Å². The molecule has 134 valence electrons. The largest absolute Gasteiger partial charge is 0.493 e. The number of aryl methyl sites for hydroxylation is 1. The Labute approximate surface area is 156 Å². The molecule has 0 aliphatic carbocycles. The van der Waals surface area contributed by atoms with Gasteiger partial charge < -0.3 is 14.6 Å². The Morgan fingerprint density at radius 3 is 2.50 bits per heavy atom. The number of benzene rings is 2. The number of ether oxygens (including phenoxy) is 1. The summed E-state index contributed by atoms with van der Waals surface area (Å²) in [5.74, 6) is 2.45. The number of para-hydroxylation sites is 1. The van der Waals surface area contributed by atoms with Crippen LogP contribution < -0.4 is 10.1 Å². The maximum absolute atomic E-state index is 12.7. The lowest BCUT2D eigenvalue weighted by Crippen LogP contribution is -2.20. The smallest absolute Gasteiger partial charge is 0.243 e. The molecule has 0 bridgehead atoms. The van der Waals surface area contributed by atoms with Crippen LogP contribution in [-0.2, 0) is 4.79 Å². The molecule has 5 nitrogen and oxygen atoms in total. The summed E-state index contributed by atoms with van der Waals surface area (Å²) >= 11 is 1.53. The minimum Gasteiger partial charge on any atom is -0.493 e. The van der Waals surface area contributed by atoms with Crippen LogP contribution >= 0.6 is 11.8 Å². The monoisotopic (exact) mass is 368 g/mol. The van der Waals surface area contributed by atoms with E-state index in [1.165, 1.54) is 11.8 Å². The first-order chi connectivity index (χ1) is 12.7. The number of aromatic nitrogens is 1. The van der Waals surface area contributed by atoms with Gasteiger partial charge in [-0.3, -0.25) is 4.79 Å². The highest BCUT2D eigenvalue weighted by Crippen LogP contribution is 2.30. The molecule has 2 aromatic carbocycles. The van der Waals surface area contributed by atoms with Gasteiger partial charge in [0.2, 0.25) is 5.91 Å². The first kappa shape index (κ1) is 18.1. The lowest BCUT2D eigenvalue weighted by molar-refractivity contribution is -0.115. The van der Waals surface area contributed by atoms with E-state index < -0.39 is 0 Å². The summed E-state index contributed by atoms with van der Waals surface area (Å²) in [6.07, 6.45) is 0. The van der Waals surface area contributed by atoms with Crippen LogP contribution in [0.1, 0.15) is 16.6 Å². The molecule has 0 saturated carbocycles. The zero-order chi connectivity index (χ0) is 18.2. The fourth-order valence-electron chi connectivity index (χ4n) is 2.41. The molecule has 0 aliphatic heterocycles. The van der Waals surface area contributed by atoms with E-state index in [1.54, 1.807) is 13.0 Å². The van der Waals surface area contributed by atoms with Crippen molar-refractivity contribution >= 4 is 23.5 Å². The van der Waals surface area contributed by atoms with Crippen molar-refractivity contribution in [3.05, 3.63) is 78.1 Å². The van der Waals surface area contributed by atoms with Crippen LogP contribution in [0.3, 0.4) is 0 Å². The van der Waals surface area contributed by atoms with Crippen LogP contribution in [0, 0.1) is 6.92 Å². The Bertz CT molecular complexity index is 821. The van der Waals surface area contributed by atoms with Gasteiger partial charge in [0.15, 0.2) is 5.82 Å². The first-order valence-electron chi connectivity index (χ1n) is 8.31. The Hall–Kier alpha value is -2.73. The highest BCUT2D eigenvalue weighted by Gasteiger charge is 2.22. The third-order valence-corrected chi connectivity index (χ3v) is 4.82. The third-order valence-electron chi connectivity index (χ3n) is 3.60. The quantitative estimate of drug-likeness (QED) is 0.594. The van der Waals surface area contributed by atoms with Gasteiger partial charge in [-0.05, 0) is 24.6 Å². The minimum absolute atomic E-state index is 0.130. The highest BCUT2D eigenvalue weighted by molar-refractivity contribution is 8.00. The van der Waals surface area contributed by atoms with Gasteiger partial charge in [-0.1, -0.05) is 53.7 Å². The van der Waals surface area contributed by atoms with Crippen molar-refractivity contribution in [3.63, 3.8) is 0 Å². The van der Waals surface area contributed by atoms with E-state index in [9.17, 15) is 4.79 Å². The van der Waals surface area contributed by atoms with Gasteiger partial charge >= 0.3 is 0 Å². The number of hydrogen-bond acceptors (Lipinski definition) is 5. The van der Waals surface area contributed by atoms with Crippen LogP contribution in [0.2, 0.25) is 0 Å².